The molecule has 6 rings (SSSR count). The van der Waals surface area contributed by atoms with Crippen molar-refractivity contribution in [1.82, 2.24) is 19.9 Å². The van der Waals surface area contributed by atoms with Crippen LogP contribution < -0.4 is 14.4 Å². The quantitative estimate of drug-likeness (QED) is 0.457. The number of hydrogen-bond acceptors (Lipinski definition) is 7. The molecule has 1 N–H and O–H groups in total. The van der Waals surface area contributed by atoms with Crippen molar-refractivity contribution in [3.8, 4) is 28.0 Å². The van der Waals surface area contributed by atoms with Crippen LogP contribution in [-0.2, 0) is 0 Å². The lowest BCUT2D eigenvalue weighted by atomic mass is 9.89. The van der Waals surface area contributed by atoms with Gasteiger partial charge in [-0.25, -0.2) is 9.97 Å². The van der Waals surface area contributed by atoms with Crippen molar-refractivity contribution in [2.75, 3.05) is 45.2 Å². The topological polar surface area (TPSA) is 66.5 Å². The summed E-state index contributed by atoms with van der Waals surface area (Å²) < 4.78 is 12.6. The van der Waals surface area contributed by atoms with Crippen LogP contribution in [0.4, 0.5) is 5.69 Å². The normalized spacial score (nSPS) is 20.8. The SMILES string of the molecule is COc1cc2nc(-c3ccc(Oc4cnc[nH]4)cc3)cc(N3C[C@H]4CN(C)CC[C@H]4C3)c2s1. The van der Waals surface area contributed by atoms with E-state index in [0.29, 0.717) is 5.88 Å². The first-order valence-corrected chi connectivity index (χ1v) is 12.2. The third kappa shape index (κ3) is 3.94. The molecular weight excluding hydrogens is 434 g/mol. The maximum atomic E-state index is 5.80. The minimum absolute atomic E-state index is 0.621. The zero-order chi connectivity index (χ0) is 22.4. The van der Waals surface area contributed by atoms with Gasteiger partial charge in [-0.15, -0.1) is 0 Å². The molecule has 8 heteroatoms. The lowest BCUT2D eigenvalue weighted by Gasteiger charge is -2.31. The summed E-state index contributed by atoms with van der Waals surface area (Å²) in [5.41, 5.74) is 4.31. The second-order valence-corrected chi connectivity index (χ2v) is 10.0. The van der Waals surface area contributed by atoms with Gasteiger partial charge in [0.25, 0.3) is 0 Å². The van der Waals surface area contributed by atoms with E-state index < -0.39 is 0 Å². The number of hydrogen-bond donors (Lipinski definition) is 1. The molecule has 33 heavy (non-hydrogen) atoms. The van der Waals surface area contributed by atoms with Gasteiger partial charge in [-0.3, -0.25) is 0 Å². The van der Waals surface area contributed by atoms with Crippen LogP contribution in [0.3, 0.4) is 0 Å². The molecule has 2 aliphatic rings. The van der Waals surface area contributed by atoms with Crippen LogP contribution in [0.1, 0.15) is 6.42 Å². The molecule has 2 atom stereocenters. The number of anilines is 1. The molecule has 0 unspecified atom stereocenters. The summed E-state index contributed by atoms with van der Waals surface area (Å²) in [5.74, 6) is 2.88. The minimum atomic E-state index is 0.621. The molecule has 0 saturated carbocycles. The van der Waals surface area contributed by atoms with Gasteiger partial charge in [0.2, 0.25) is 5.88 Å². The fraction of sp³-hybridized carbons (Fsp3) is 0.360. The highest BCUT2D eigenvalue weighted by atomic mass is 32.1. The number of rotatable bonds is 5. The first-order valence-electron chi connectivity index (χ1n) is 11.3. The Kier molecular flexibility index (Phi) is 5.19. The summed E-state index contributed by atoms with van der Waals surface area (Å²) in [5, 5.41) is 0.899. The van der Waals surface area contributed by atoms with Crippen LogP contribution >= 0.6 is 11.3 Å². The summed E-state index contributed by atoms with van der Waals surface area (Å²) in [6.45, 7) is 4.61. The van der Waals surface area contributed by atoms with E-state index in [1.165, 1.54) is 29.9 Å². The van der Waals surface area contributed by atoms with Crippen LogP contribution in [0.15, 0.2) is 48.9 Å². The van der Waals surface area contributed by atoms with Crippen LogP contribution in [0.5, 0.6) is 16.7 Å². The van der Waals surface area contributed by atoms with E-state index in [1.807, 2.05) is 12.1 Å². The molecule has 0 radical (unpaired) electrons. The lowest BCUT2D eigenvalue weighted by Crippen LogP contribution is -2.37. The third-order valence-electron chi connectivity index (χ3n) is 6.83. The number of H-pyrrole nitrogens is 1. The van der Waals surface area contributed by atoms with E-state index in [9.17, 15) is 0 Å². The summed E-state index contributed by atoms with van der Waals surface area (Å²) in [7, 11) is 3.97. The molecule has 5 heterocycles. The number of thiophene rings is 1. The van der Waals surface area contributed by atoms with Gasteiger partial charge in [-0.2, -0.15) is 0 Å². The van der Waals surface area contributed by atoms with Crippen molar-refractivity contribution in [1.29, 1.82) is 0 Å². The van der Waals surface area contributed by atoms with Gasteiger partial charge in [-0.1, -0.05) is 11.3 Å². The molecule has 3 aromatic heterocycles. The van der Waals surface area contributed by atoms with Crippen molar-refractivity contribution >= 4 is 27.2 Å². The fourth-order valence-corrected chi connectivity index (χ4v) is 6.09. The van der Waals surface area contributed by atoms with Crippen LogP contribution in [-0.4, -0.2) is 60.2 Å². The maximum absolute atomic E-state index is 5.80. The van der Waals surface area contributed by atoms with Crippen molar-refractivity contribution in [3.63, 3.8) is 0 Å². The van der Waals surface area contributed by atoms with Gasteiger partial charge in [-0.05, 0) is 62.2 Å². The second-order valence-electron chi connectivity index (χ2n) is 9.03. The number of fused-ring (bicyclic) bond motifs is 2. The summed E-state index contributed by atoms with van der Waals surface area (Å²) in [6.07, 6.45) is 4.54. The summed E-state index contributed by atoms with van der Waals surface area (Å²) in [4.78, 5) is 17.0. The molecule has 2 saturated heterocycles. The number of ether oxygens (including phenoxy) is 2. The number of aromatic amines is 1. The van der Waals surface area contributed by atoms with E-state index in [1.54, 1.807) is 31.0 Å². The number of nitrogens with one attached hydrogen (secondary N) is 1. The van der Waals surface area contributed by atoms with Gasteiger partial charge in [0.1, 0.15) is 5.75 Å². The Morgan fingerprint density at radius 1 is 1.09 bits per heavy atom. The van der Waals surface area contributed by atoms with E-state index >= 15 is 0 Å². The molecule has 4 aromatic rings. The van der Waals surface area contributed by atoms with Gasteiger partial charge < -0.3 is 24.3 Å². The second kappa shape index (κ2) is 8.35. The number of likely N-dealkylation sites (tertiary alicyclic amines) is 1. The highest BCUT2D eigenvalue weighted by Crippen LogP contribution is 2.43. The Hall–Kier alpha value is -3.10. The average Bonchev–Trinajstić information content (AvgIpc) is 3.57. The number of benzene rings is 1. The average molecular weight is 462 g/mol. The molecule has 0 bridgehead atoms. The van der Waals surface area contributed by atoms with Crippen molar-refractivity contribution in [3.05, 3.63) is 48.9 Å². The molecule has 1 aromatic carbocycles. The lowest BCUT2D eigenvalue weighted by molar-refractivity contribution is 0.178. The molecule has 170 valence electrons. The first-order chi connectivity index (χ1) is 16.2. The zero-order valence-corrected chi connectivity index (χ0v) is 19.6. The Labute approximate surface area is 197 Å². The highest BCUT2D eigenvalue weighted by Gasteiger charge is 2.37. The number of nitrogens with zero attached hydrogens (tertiary/aromatic N) is 4. The molecular formula is C25H27N5O2S. The smallest absolute Gasteiger partial charge is 0.217 e. The molecule has 0 amide bonds. The summed E-state index contributed by atoms with van der Waals surface area (Å²) in [6, 6.07) is 12.4. The predicted octanol–water partition coefficient (Wildman–Crippen LogP) is 4.88. The molecule has 0 aliphatic carbocycles. The van der Waals surface area contributed by atoms with Gasteiger partial charge >= 0.3 is 0 Å². The Morgan fingerprint density at radius 3 is 2.73 bits per heavy atom. The van der Waals surface area contributed by atoms with E-state index in [2.05, 4.69) is 51.1 Å². The largest absolute Gasteiger partial charge is 0.487 e. The molecule has 2 fully saturated rings. The van der Waals surface area contributed by atoms with Gasteiger partial charge in [0.15, 0.2) is 5.06 Å². The number of piperidine rings is 1. The zero-order valence-electron chi connectivity index (χ0n) is 18.8. The summed E-state index contributed by atoms with van der Waals surface area (Å²) >= 11 is 1.69. The number of pyridine rings is 1. The monoisotopic (exact) mass is 461 g/mol. The van der Waals surface area contributed by atoms with E-state index in [-0.39, 0.29) is 0 Å². The Morgan fingerprint density at radius 2 is 1.94 bits per heavy atom. The number of imidazole rings is 1. The van der Waals surface area contributed by atoms with Crippen molar-refractivity contribution < 1.29 is 9.47 Å². The number of aromatic nitrogens is 3. The molecule has 7 nitrogen and oxygen atoms in total. The van der Waals surface area contributed by atoms with Crippen LogP contribution in [0.25, 0.3) is 21.5 Å². The molecule has 2 aliphatic heterocycles. The van der Waals surface area contributed by atoms with Gasteiger partial charge in [0, 0.05) is 31.3 Å². The van der Waals surface area contributed by atoms with E-state index in [4.69, 9.17) is 14.5 Å². The maximum Gasteiger partial charge on any atom is 0.217 e. The van der Waals surface area contributed by atoms with Gasteiger partial charge in [0.05, 0.1) is 41.2 Å². The fourth-order valence-electron chi connectivity index (χ4n) is 5.13. The van der Waals surface area contributed by atoms with E-state index in [0.717, 1.165) is 52.5 Å². The Balaban J connectivity index is 1.35. The van der Waals surface area contributed by atoms with Crippen molar-refractivity contribution in [2.24, 2.45) is 11.8 Å². The third-order valence-corrected chi connectivity index (χ3v) is 7.94. The first kappa shape index (κ1) is 20.5. The van der Waals surface area contributed by atoms with Crippen molar-refractivity contribution in [2.45, 2.75) is 6.42 Å². The molecule has 0 spiro atoms. The predicted molar refractivity (Wildman–Crippen MR) is 132 cm³/mol. The standard InChI is InChI=1S/C25H27N5O2S/c1-29-8-7-17-13-30(14-18(17)12-29)22-9-20(28-21-10-24(31-2)33-25(21)22)16-3-5-19(6-4-16)32-23-11-26-15-27-23/h3-6,9-11,15,17-18H,7-8,12-14H2,1-2H3,(H,26,27)/t17-,18+/m0/s1. The van der Waals surface area contributed by atoms with Crippen LogP contribution in [0.2, 0.25) is 0 Å². The van der Waals surface area contributed by atoms with Crippen LogP contribution in [0, 0.1) is 11.8 Å². The highest BCUT2D eigenvalue weighted by molar-refractivity contribution is 7.21. The number of methoxy groups -OCH3 is 1. The minimum Gasteiger partial charge on any atom is -0.487 e. The Bertz CT molecular complexity index is 1250.